The lowest BCUT2D eigenvalue weighted by Crippen LogP contribution is -2.17. The first-order chi connectivity index (χ1) is 19.1. The van der Waals surface area contributed by atoms with E-state index >= 15 is 0 Å². The lowest BCUT2D eigenvalue weighted by atomic mass is 10.00. The van der Waals surface area contributed by atoms with Gasteiger partial charge < -0.3 is 10.8 Å². The van der Waals surface area contributed by atoms with Gasteiger partial charge in [-0.25, -0.2) is 4.68 Å². The maximum absolute atomic E-state index is 14.1. The molecule has 40 heavy (non-hydrogen) atoms. The van der Waals surface area contributed by atoms with Crippen molar-refractivity contribution in [1.29, 1.82) is 0 Å². The summed E-state index contributed by atoms with van der Waals surface area (Å²) in [5.41, 5.74) is 8.21. The highest BCUT2D eigenvalue weighted by atomic mass is 19.4. The highest BCUT2D eigenvalue weighted by molar-refractivity contribution is 5.95. The lowest BCUT2D eigenvalue weighted by molar-refractivity contribution is -0.137. The molecule has 1 amide bonds. The topological polar surface area (TPSA) is 99.0 Å². The van der Waals surface area contributed by atoms with E-state index in [4.69, 9.17) is 10.8 Å². The van der Waals surface area contributed by atoms with Crippen LogP contribution < -0.4 is 5.73 Å². The van der Waals surface area contributed by atoms with Crippen LogP contribution in [0.2, 0.25) is 0 Å². The smallest absolute Gasteiger partial charge is 0.386 e. The van der Waals surface area contributed by atoms with Crippen molar-refractivity contribution in [2.45, 2.75) is 44.5 Å². The van der Waals surface area contributed by atoms with Gasteiger partial charge in [0.25, 0.3) is 0 Å². The highest BCUT2D eigenvalue weighted by Crippen LogP contribution is 2.48. The number of alkyl halides is 3. The summed E-state index contributed by atoms with van der Waals surface area (Å²) in [6, 6.07) is 18.2. The minimum absolute atomic E-state index is 0.169. The van der Waals surface area contributed by atoms with Gasteiger partial charge in [-0.1, -0.05) is 42.5 Å². The molecule has 0 bridgehead atoms. The fourth-order valence-corrected chi connectivity index (χ4v) is 5.26. The summed E-state index contributed by atoms with van der Waals surface area (Å²) in [5.74, 6) is -0.747. The first kappa shape index (κ1) is 25.8. The Morgan fingerprint density at radius 2 is 1.82 bits per heavy atom. The minimum atomic E-state index is -4.72. The van der Waals surface area contributed by atoms with E-state index in [2.05, 4.69) is 5.10 Å². The van der Waals surface area contributed by atoms with Crippen LogP contribution in [-0.4, -0.2) is 30.6 Å². The van der Waals surface area contributed by atoms with Crippen molar-refractivity contribution >= 4 is 16.8 Å². The van der Waals surface area contributed by atoms with Gasteiger partial charge in [-0.2, -0.15) is 23.4 Å². The van der Waals surface area contributed by atoms with Crippen LogP contribution in [-0.2, 0) is 12.7 Å². The van der Waals surface area contributed by atoms with Gasteiger partial charge in [0, 0.05) is 34.0 Å². The average molecular weight is 546 g/mol. The molecule has 3 aromatic carbocycles. The summed E-state index contributed by atoms with van der Waals surface area (Å²) in [4.78, 5) is 11.6. The molecule has 204 valence electrons. The normalized spacial score (nSPS) is 14.5. The molecular weight excluding hydrogens is 519 g/mol. The van der Waals surface area contributed by atoms with E-state index in [0.717, 1.165) is 41.0 Å². The van der Waals surface area contributed by atoms with Crippen molar-refractivity contribution < 1.29 is 23.1 Å². The molecule has 1 unspecified atom stereocenters. The zero-order valence-corrected chi connectivity index (χ0v) is 21.6. The first-order valence-electron chi connectivity index (χ1n) is 12.9. The van der Waals surface area contributed by atoms with E-state index in [1.165, 1.54) is 16.8 Å². The number of carbonyl (C=O) groups is 1. The van der Waals surface area contributed by atoms with Crippen LogP contribution in [0.1, 0.15) is 57.6 Å². The SMILES string of the molecule is Cc1c(C2CC2)c(-c2cccc3nn(CC(O)c4ccccc4)cc23)nn1-c1ccc(C(N)=O)cc1C(F)(F)F. The summed E-state index contributed by atoms with van der Waals surface area (Å²) in [6.07, 6.45) is -1.80. The van der Waals surface area contributed by atoms with Crippen molar-refractivity contribution in [2.24, 2.45) is 5.73 Å². The molecule has 0 spiro atoms. The lowest BCUT2D eigenvalue weighted by Gasteiger charge is -2.15. The van der Waals surface area contributed by atoms with Crippen molar-refractivity contribution in [1.82, 2.24) is 19.6 Å². The zero-order chi connectivity index (χ0) is 28.2. The molecule has 0 aliphatic heterocycles. The third-order valence-electron chi connectivity index (χ3n) is 7.36. The number of carbonyl (C=O) groups excluding carboxylic acids is 1. The summed E-state index contributed by atoms with van der Waals surface area (Å²) in [6.45, 7) is 2.01. The van der Waals surface area contributed by atoms with Crippen LogP contribution in [0.4, 0.5) is 13.2 Å². The fraction of sp³-hybridized carbons (Fsp3) is 0.233. The largest absolute Gasteiger partial charge is 0.418 e. The van der Waals surface area contributed by atoms with E-state index in [9.17, 15) is 23.1 Å². The predicted molar refractivity (Wildman–Crippen MR) is 144 cm³/mol. The van der Waals surface area contributed by atoms with Gasteiger partial charge in [0.15, 0.2) is 0 Å². The van der Waals surface area contributed by atoms with Crippen LogP contribution in [0.25, 0.3) is 27.8 Å². The maximum atomic E-state index is 14.1. The Hall–Kier alpha value is -4.44. The third kappa shape index (κ3) is 4.64. The number of nitrogens with zero attached hydrogens (tertiary/aromatic N) is 4. The summed E-state index contributed by atoms with van der Waals surface area (Å²) >= 11 is 0. The monoisotopic (exact) mass is 545 g/mol. The zero-order valence-electron chi connectivity index (χ0n) is 21.6. The molecule has 2 heterocycles. The molecule has 5 aromatic rings. The molecule has 0 saturated heterocycles. The number of aromatic nitrogens is 4. The molecule has 1 fully saturated rings. The molecule has 3 N–H and O–H groups in total. The van der Waals surface area contributed by atoms with Crippen LogP contribution in [0, 0.1) is 6.92 Å². The second kappa shape index (κ2) is 9.63. The van der Waals surface area contributed by atoms with Gasteiger partial charge in [0.1, 0.15) is 0 Å². The number of aliphatic hydroxyl groups is 1. The van der Waals surface area contributed by atoms with Crippen molar-refractivity contribution in [3.63, 3.8) is 0 Å². The molecular formula is C30H26F3N5O2. The van der Waals surface area contributed by atoms with Crippen molar-refractivity contribution in [3.8, 4) is 16.9 Å². The second-order valence-electron chi connectivity index (χ2n) is 10.1. The Balaban J connectivity index is 1.47. The molecule has 0 radical (unpaired) electrons. The number of nitrogens with two attached hydrogens (primary N) is 1. The fourth-order valence-electron chi connectivity index (χ4n) is 5.26. The van der Waals surface area contributed by atoms with Gasteiger partial charge in [0.05, 0.1) is 35.1 Å². The molecule has 1 saturated carbocycles. The Labute approximate surface area is 227 Å². The second-order valence-corrected chi connectivity index (χ2v) is 10.1. The number of benzene rings is 3. The van der Waals surface area contributed by atoms with E-state index in [0.29, 0.717) is 16.9 Å². The third-order valence-corrected chi connectivity index (χ3v) is 7.36. The number of hydrogen-bond acceptors (Lipinski definition) is 4. The molecule has 2 aromatic heterocycles. The quantitative estimate of drug-likeness (QED) is 0.265. The van der Waals surface area contributed by atoms with Crippen LogP contribution >= 0.6 is 0 Å². The van der Waals surface area contributed by atoms with Crippen LogP contribution in [0.15, 0.2) is 72.9 Å². The van der Waals surface area contributed by atoms with Gasteiger partial charge in [-0.3, -0.25) is 9.48 Å². The van der Waals surface area contributed by atoms with Gasteiger partial charge >= 0.3 is 6.18 Å². The summed E-state index contributed by atoms with van der Waals surface area (Å²) in [7, 11) is 0. The molecule has 1 aliphatic carbocycles. The number of amides is 1. The average Bonchev–Trinajstić information content (AvgIpc) is 3.58. The first-order valence-corrected chi connectivity index (χ1v) is 12.9. The van der Waals surface area contributed by atoms with E-state index in [1.807, 2.05) is 54.7 Å². The molecule has 6 rings (SSSR count). The van der Waals surface area contributed by atoms with E-state index < -0.39 is 23.8 Å². The Bertz CT molecular complexity index is 1740. The maximum Gasteiger partial charge on any atom is 0.418 e. The molecule has 1 aliphatic rings. The molecule has 10 heteroatoms. The predicted octanol–water partition coefficient (Wildman–Crippen LogP) is 5.93. The Kier molecular flexibility index (Phi) is 6.22. The summed E-state index contributed by atoms with van der Waals surface area (Å²) < 4.78 is 45.4. The molecule has 7 nitrogen and oxygen atoms in total. The number of hydrogen-bond donors (Lipinski definition) is 2. The summed E-state index contributed by atoms with van der Waals surface area (Å²) in [5, 5.41) is 20.9. The van der Waals surface area contributed by atoms with Gasteiger partial charge in [-0.05, 0) is 55.5 Å². The van der Waals surface area contributed by atoms with Crippen molar-refractivity contribution in [3.05, 3.63) is 101 Å². The Morgan fingerprint density at radius 3 is 2.50 bits per heavy atom. The van der Waals surface area contributed by atoms with Crippen molar-refractivity contribution in [2.75, 3.05) is 0 Å². The molecule has 1 atom stereocenters. The van der Waals surface area contributed by atoms with Gasteiger partial charge in [-0.15, -0.1) is 0 Å². The number of rotatable bonds is 7. The minimum Gasteiger partial charge on any atom is -0.386 e. The van der Waals surface area contributed by atoms with E-state index in [-0.39, 0.29) is 23.7 Å². The number of halogens is 3. The number of aliphatic hydroxyl groups excluding tert-OH is 1. The van der Waals surface area contributed by atoms with Gasteiger partial charge in [0.2, 0.25) is 5.91 Å². The van der Waals surface area contributed by atoms with Crippen LogP contribution in [0.5, 0.6) is 0 Å². The highest BCUT2D eigenvalue weighted by Gasteiger charge is 2.37. The Morgan fingerprint density at radius 1 is 1.07 bits per heavy atom. The standard InChI is InChI=1S/C30H26F3N5O2/c1-17-27(19-10-11-19)28(36-38(17)25-13-12-20(29(34)40)14-23(25)30(31,32)33)21-8-5-9-24-22(21)15-37(35-24)16-26(39)18-6-3-2-4-7-18/h2-9,12-15,19,26,39H,10-11,16H2,1H3,(H2,34,40). The van der Waals surface area contributed by atoms with E-state index in [1.54, 1.807) is 11.6 Å². The number of fused-ring (bicyclic) bond motifs is 1. The van der Waals surface area contributed by atoms with Crippen LogP contribution in [0.3, 0.4) is 0 Å². The number of primary amides is 1.